The molecule has 32 heavy (non-hydrogen) atoms. The summed E-state index contributed by atoms with van der Waals surface area (Å²) in [4.78, 5) is 28.9. The molecule has 2 amide bonds. The predicted octanol–water partition coefficient (Wildman–Crippen LogP) is 3.76. The van der Waals surface area contributed by atoms with Gasteiger partial charge in [0, 0.05) is 25.1 Å². The fourth-order valence-electron chi connectivity index (χ4n) is 4.40. The molecule has 2 aromatic carbocycles. The largest absolute Gasteiger partial charge is 0.308 e. The van der Waals surface area contributed by atoms with Crippen molar-refractivity contribution in [2.75, 3.05) is 21.1 Å². The van der Waals surface area contributed by atoms with Gasteiger partial charge in [0.25, 0.3) is 0 Å². The van der Waals surface area contributed by atoms with E-state index in [0.29, 0.717) is 25.1 Å². The zero-order chi connectivity index (χ0) is 22.6. The van der Waals surface area contributed by atoms with Crippen molar-refractivity contribution >= 4 is 38.9 Å². The van der Waals surface area contributed by atoms with Crippen LogP contribution < -0.4 is 14.5 Å². The van der Waals surface area contributed by atoms with Crippen molar-refractivity contribution in [2.24, 2.45) is 5.92 Å². The van der Waals surface area contributed by atoms with Crippen LogP contribution in [0.5, 0.6) is 0 Å². The van der Waals surface area contributed by atoms with Gasteiger partial charge in [0.1, 0.15) is 0 Å². The molecule has 2 saturated carbocycles. The lowest BCUT2D eigenvalue weighted by Crippen LogP contribution is -2.51. The molecule has 2 fully saturated rings. The van der Waals surface area contributed by atoms with E-state index in [-0.39, 0.29) is 29.0 Å². The van der Waals surface area contributed by atoms with Gasteiger partial charge in [-0.2, -0.15) is 0 Å². The third-order valence-electron chi connectivity index (χ3n) is 6.39. The number of hydrogen-bond donors (Lipinski definition) is 1. The molecule has 0 radical (unpaired) electrons. The topological polar surface area (TPSA) is 86.8 Å². The van der Waals surface area contributed by atoms with Crippen LogP contribution in [0, 0.1) is 5.92 Å². The zero-order valence-electron chi connectivity index (χ0n) is 18.2. The van der Waals surface area contributed by atoms with Crippen LogP contribution in [0.1, 0.15) is 39.5 Å². The molecule has 0 spiro atoms. The minimum absolute atomic E-state index is 0.0441. The third kappa shape index (κ3) is 3.88. The van der Waals surface area contributed by atoms with Crippen LogP contribution in [0.4, 0.5) is 17.1 Å². The van der Waals surface area contributed by atoms with E-state index in [2.05, 4.69) is 4.72 Å². The van der Waals surface area contributed by atoms with Crippen molar-refractivity contribution in [3.05, 3.63) is 42.5 Å². The van der Waals surface area contributed by atoms with Gasteiger partial charge in [-0.15, -0.1) is 0 Å². The minimum Gasteiger partial charge on any atom is -0.308 e. The number of benzene rings is 2. The first-order valence-electron chi connectivity index (χ1n) is 11.1. The standard InChI is InChI=1S/C24H27N3O4S/c1-15-14-26(24(29)18-3-4-18)23-13-19(7-12-22(23)27(15)16(2)28)17-5-8-20(9-6-17)25-32(30,31)21-10-11-21/h5-9,12-13,15,18,21,25H,3-4,10-11,14H2,1-2H3. The number of hydrogen-bond acceptors (Lipinski definition) is 4. The van der Waals surface area contributed by atoms with Crippen molar-refractivity contribution in [3.63, 3.8) is 0 Å². The van der Waals surface area contributed by atoms with Gasteiger partial charge in [-0.3, -0.25) is 14.3 Å². The van der Waals surface area contributed by atoms with Gasteiger partial charge in [-0.1, -0.05) is 18.2 Å². The Morgan fingerprint density at radius 3 is 2.19 bits per heavy atom. The van der Waals surface area contributed by atoms with Crippen molar-refractivity contribution in [1.82, 2.24) is 0 Å². The third-order valence-corrected chi connectivity index (χ3v) is 8.26. The highest BCUT2D eigenvalue weighted by Gasteiger charge is 2.40. The Labute approximate surface area is 188 Å². The highest BCUT2D eigenvalue weighted by atomic mass is 32.2. The highest BCUT2D eigenvalue weighted by Crippen LogP contribution is 2.42. The lowest BCUT2D eigenvalue weighted by molar-refractivity contribution is -0.120. The van der Waals surface area contributed by atoms with Gasteiger partial charge in [0.05, 0.1) is 22.7 Å². The number of nitrogens with zero attached hydrogens (tertiary/aromatic N) is 2. The molecule has 2 aliphatic carbocycles. The number of nitrogens with one attached hydrogen (secondary N) is 1. The molecule has 1 unspecified atom stereocenters. The Bertz CT molecular complexity index is 1180. The smallest absolute Gasteiger partial charge is 0.235 e. The van der Waals surface area contributed by atoms with E-state index in [9.17, 15) is 18.0 Å². The first kappa shape index (κ1) is 21.0. The maximum Gasteiger partial charge on any atom is 0.235 e. The Morgan fingerprint density at radius 1 is 0.938 bits per heavy atom. The van der Waals surface area contributed by atoms with Crippen molar-refractivity contribution in [2.45, 2.75) is 50.8 Å². The molecule has 7 nitrogen and oxygen atoms in total. The van der Waals surface area contributed by atoms with Crippen LogP contribution in [-0.4, -0.2) is 38.1 Å². The highest BCUT2D eigenvalue weighted by molar-refractivity contribution is 7.93. The molecule has 1 aliphatic heterocycles. The lowest BCUT2D eigenvalue weighted by atomic mass is 10.00. The number of anilines is 3. The zero-order valence-corrected chi connectivity index (χ0v) is 19.1. The van der Waals surface area contributed by atoms with Gasteiger partial charge in [0.2, 0.25) is 21.8 Å². The molecule has 1 N–H and O–H groups in total. The molecule has 8 heteroatoms. The van der Waals surface area contributed by atoms with E-state index < -0.39 is 10.0 Å². The molecule has 2 aromatic rings. The number of carbonyl (C=O) groups excluding carboxylic acids is 2. The molecular weight excluding hydrogens is 426 g/mol. The van der Waals surface area contributed by atoms with E-state index in [1.807, 2.05) is 42.2 Å². The molecule has 3 aliphatic rings. The fourth-order valence-corrected chi connectivity index (χ4v) is 5.79. The van der Waals surface area contributed by atoms with E-state index in [0.717, 1.165) is 35.3 Å². The Kier molecular flexibility index (Phi) is 5.00. The summed E-state index contributed by atoms with van der Waals surface area (Å²) in [6.45, 7) is 3.99. The SMILES string of the molecule is CC(=O)N1c2ccc(-c3ccc(NS(=O)(=O)C4CC4)cc3)cc2N(C(=O)C2CC2)CC1C. The minimum atomic E-state index is -3.30. The monoisotopic (exact) mass is 453 g/mol. The summed E-state index contributed by atoms with van der Waals surface area (Å²) in [5, 5.41) is -0.274. The summed E-state index contributed by atoms with van der Waals surface area (Å²) in [6.07, 6.45) is 3.28. The Morgan fingerprint density at radius 2 is 1.59 bits per heavy atom. The number of sulfonamides is 1. The van der Waals surface area contributed by atoms with E-state index in [4.69, 9.17) is 0 Å². The lowest BCUT2D eigenvalue weighted by Gasteiger charge is -2.41. The summed E-state index contributed by atoms with van der Waals surface area (Å²) < 4.78 is 27.0. The predicted molar refractivity (Wildman–Crippen MR) is 125 cm³/mol. The van der Waals surface area contributed by atoms with Crippen LogP contribution in [0.25, 0.3) is 11.1 Å². The Hall–Kier alpha value is -2.87. The molecule has 1 atom stereocenters. The molecule has 168 valence electrons. The molecule has 0 aromatic heterocycles. The van der Waals surface area contributed by atoms with Gasteiger partial charge in [-0.05, 0) is 68.0 Å². The quantitative estimate of drug-likeness (QED) is 0.747. The van der Waals surface area contributed by atoms with Crippen LogP contribution in [0.15, 0.2) is 42.5 Å². The average molecular weight is 454 g/mol. The summed E-state index contributed by atoms with van der Waals surface area (Å²) in [7, 11) is -3.30. The van der Waals surface area contributed by atoms with Crippen LogP contribution >= 0.6 is 0 Å². The summed E-state index contributed by atoms with van der Waals surface area (Å²) in [6, 6.07) is 13.0. The summed E-state index contributed by atoms with van der Waals surface area (Å²) >= 11 is 0. The van der Waals surface area contributed by atoms with E-state index in [1.54, 1.807) is 24.0 Å². The van der Waals surface area contributed by atoms with Crippen LogP contribution in [-0.2, 0) is 19.6 Å². The second-order valence-corrected chi connectivity index (χ2v) is 11.0. The van der Waals surface area contributed by atoms with Crippen LogP contribution in [0.2, 0.25) is 0 Å². The second-order valence-electron chi connectivity index (χ2n) is 9.09. The molecule has 1 heterocycles. The summed E-state index contributed by atoms with van der Waals surface area (Å²) in [5.74, 6) is 0.168. The molecular formula is C24H27N3O4S. The maximum atomic E-state index is 13.0. The van der Waals surface area contributed by atoms with Gasteiger partial charge < -0.3 is 9.80 Å². The normalized spacial score (nSPS) is 20.6. The number of rotatable bonds is 5. The first-order chi connectivity index (χ1) is 15.2. The number of amides is 2. The second kappa shape index (κ2) is 7.62. The van der Waals surface area contributed by atoms with E-state index >= 15 is 0 Å². The fraction of sp³-hybridized carbons (Fsp3) is 0.417. The van der Waals surface area contributed by atoms with Crippen molar-refractivity contribution in [1.29, 1.82) is 0 Å². The van der Waals surface area contributed by atoms with Gasteiger partial charge in [-0.25, -0.2) is 8.42 Å². The number of carbonyl (C=O) groups is 2. The van der Waals surface area contributed by atoms with Crippen LogP contribution in [0.3, 0.4) is 0 Å². The summed E-state index contributed by atoms with van der Waals surface area (Å²) in [5.41, 5.74) is 3.87. The molecule has 0 saturated heterocycles. The van der Waals surface area contributed by atoms with Crippen molar-refractivity contribution < 1.29 is 18.0 Å². The maximum absolute atomic E-state index is 13.0. The average Bonchev–Trinajstić information content (AvgIpc) is 3.64. The van der Waals surface area contributed by atoms with E-state index in [1.165, 1.54) is 0 Å². The van der Waals surface area contributed by atoms with Crippen molar-refractivity contribution in [3.8, 4) is 11.1 Å². The number of fused-ring (bicyclic) bond motifs is 1. The Balaban J connectivity index is 1.47. The first-order valence-corrected chi connectivity index (χ1v) is 12.7. The van der Waals surface area contributed by atoms with Gasteiger partial charge >= 0.3 is 0 Å². The molecule has 0 bridgehead atoms. The molecule has 5 rings (SSSR count). The van der Waals surface area contributed by atoms with Gasteiger partial charge in [0.15, 0.2) is 0 Å².